The Morgan fingerprint density at radius 2 is 1.41 bits per heavy atom. The van der Waals surface area contributed by atoms with Gasteiger partial charge in [0.2, 0.25) is 17.7 Å². The summed E-state index contributed by atoms with van der Waals surface area (Å²) in [4.78, 5) is 42.5. The van der Waals surface area contributed by atoms with Crippen LogP contribution in [0.2, 0.25) is 0 Å². The molecule has 37 heavy (non-hydrogen) atoms. The second-order valence-corrected chi connectivity index (χ2v) is 10.1. The Kier molecular flexibility index (Phi) is 7.92. The summed E-state index contributed by atoms with van der Waals surface area (Å²) < 4.78 is 0. The van der Waals surface area contributed by atoms with E-state index in [9.17, 15) is 14.4 Å². The van der Waals surface area contributed by atoms with Gasteiger partial charge in [-0.2, -0.15) is 0 Å². The fraction of sp³-hybridized carbons (Fsp3) is 0.300. The van der Waals surface area contributed by atoms with Crippen molar-refractivity contribution in [2.24, 2.45) is 11.8 Å². The first-order valence-electron chi connectivity index (χ1n) is 12.7. The molecule has 0 aliphatic rings. The van der Waals surface area contributed by atoms with E-state index in [-0.39, 0.29) is 36.0 Å². The smallest absolute Gasteiger partial charge is 0.247 e. The minimum Gasteiger partial charge on any atom is -0.361 e. The van der Waals surface area contributed by atoms with Crippen LogP contribution in [0.1, 0.15) is 33.3 Å². The van der Waals surface area contributed by atoms with Gasteiger partial charge >= 0.3 is 0 Å². The Morgan fingerprint density at radius 1 is 0.757 bits per heavy atom. The number of benzene rings is 3. The molecule has 2 unspecified atom stereocenters. The number of para-hydroxylation sites is 1. The first-order chi connectivity index (χ1) is 17.7. The van der Waals surface area contributed by atoms with Crippen molar-refractivity contribution < 1.29 is 14.4 Å². The third kappa shape index (κ3) is 6.17. The van der Waals surface area contributed by atoms with Crippen molar-refractivity contribution >= 4 is 45.1 Å². The molecule has 4 aromatic rings. The van der Waals surface area contributed by atoms with Gasteiger partial charge in [0.1, 0.15) is 12.1 Å². The molecular weight excluding hydrogens is 464 g/mol. The van der Waals surface area contributed by atoms with Gasteiger partial charge in [-0.15, -0.1) is 0 Å². The summed E-state index contributed by atoms with van der Waals surface area (Å²) >= 11 is 0. The van der Waals surface area contributed by atoms with Crippen LogP contribution in [-0.4, -0.2) is 34.8 Å². The second kappa shape index (κ2) is 11.3. The highest BCUT2D eigenvalue weighted by Crippen LogP contribution is 2.20. The fourth-order valence-corrected chi connectivity index (χ4v) is 4.48. The Balaban J connectivity index is 1.42. The molecule has 0 bridgehead atoms. The molecule has 0 saturated carbocycles. The average Bonchev–Trinajstić information content (AvgIpc) is 3.27. The summed E-state index contributed by atoms with van der Waals surface area (Å²) in [5.41, 5.74) is 2.49. The molecule has 4 N–H and O–H groups in total. The highest BCUT2D eigenvalue weighted by molar-refractivity contribution is 6.00. The van der Waals surface area contributed by atoms with Gasteiger partial charge in [0.15, 0.2) is 0 Å². The molecule has 0 saturated heterocycles. The quantitative estimate of drug-likeness (QED) is 0.267. The molecule has 7 heteroatoms. The van der Waals surface area contributed by atoms with Gasteiger partial charge in [-0.05, 0) is 46.4 Å². The number of carbonyl (C=O) groups excluding carboxylic acids is 3. The van der Waals surface area contributed by atoms with E-state index in [1.165, 1.54) is 0 Å². The molecular formula is C30H34N4O3. The molecule has 1 aromatic heterocycles. The molecule has 4 rings (SSSR count). The first-order valence-corrected chi connectivity index (χ1v) is 12.7. The lowest BCUT2D eigenvalue weighted by Gasteiger charge is -2.27. The van der Waals surface area contributed by atoms with E-state index in [2.05, 4.69) is 20.9 Å². The van der Waals surface area contributed by atoms with Crippen LogP contribution in [0.5, 0.6) is 0 Å². The van der Waals surface area contributed by atoms with Crippen molar-refractivity contribution in [3.8, 4) is 0 Å². The number of H-pyrrole nitrogens is 1. The zero-order valence-electron chi connectivity index (χ0n) is 21.7. The van der Waals surface area contributed by atoms with Crippen LogP contribution in [0.4, 0.5) is 5.69 Å². The molecule has 192 valence electrons. The number of rotatable bonds is 9. The largest absolute Gasteiger partial charge is 0.361 e. The van der Waals surface area contributed by atoms with E-state index in [1.807, 2.05) is 101 Å². The highest BCUT2D eigenvalue weighted by atomic mass is 16.2. The van der Waals surface area contributed by atoms with E-state index in [0.717, 1.165) is 27.2 Å². The SMILES string of the molecule is CC(C)C(NC(=O)Cc1c[nH]c2ccccc12)C(=O)NC(C(=O)Nc1ccc2ccccc2c1)C(C)C. The Hall–Kier alpha value is -4.13. The van der Waals surface area contributed by atoms with Crippen molar-refractivity contribution in [3.05, 3.63) is 78.5 Å². The monoisotopic (exact) mass is 498 g/mol. The van der Waals surface area contributed by atoms with Gasteiger partial charge in [-0.1, -0.05) is 76.2 Å². The molecule has 1 heterocycles. The summed E-state index contributed by atoms with van der Waals surface area (Å²) in [5.74, 6) is -1.25. The van der Waals surface area contributed by atoms with Crippen molar-refractivity contribution in [3.63, 3.8) is 0 Å². The number of aromatic nitrogens is 1. The molecule has 3 amide bonds. The summed E-state index contributed by atoms with van der Waals surface area (Å²) in [6, 6.07) is 19.9. The molecule has 3 aromatic carbocycles. The number of anilines is 1. The Bertz CT molecular complexity index is 1420. The van der Waals surface area contributed by atoms with Crippen molar-refractivity contribution in [1.29, 1.82) is 0 Å². The second-order valence-electron chi connectivity index (χ2n) is 10.1. The maximum atomic E-state index is 13.3. The molecule has 0 fully saturated rings. The number of nitrogens with one attached hydrogen (secondary N) is 4. The Morgan fingerprint density at radius 3 is 2.14 bits per heavy atom. The van der Waals surface area contributed by atoms with E-state index in [4.69, 9.17) is 0 Å². The van der Waals surface area contributed by atoms with Crippen LogP contribution in [0.25, 0.3) is 21.7 Å². The molecule has 0 radical (unpaired) electrons. The predicted molar refractivity (Wildman–Crippen MR) is 148 cm³/mol. The van der Waals surface area contributed by atoms with Crippen LogP contribution in [0, 0.1) is 11.8 Å². The molecule has 0 aliphatic carbocycles. The number of amides is 3. The summed E-state index contributed by atoms with van der Waals surface area (Å²) in [6.45, 7) is 7.50. The lowest BCUT2D eigenvalue weighted by molar-refractivity contribution is -0.132. The standard InChI is InChI=1S/C30H34N4O3/c1-18(2)27(33-26(35)16-22-17-31-25-12-8-7-11-24(22)25)30(37)34-28(19(3)4)29(36)32-23-14-13-20-9-5-6-10-21(20)15-23/h5-15,17-19,27-28,31H,16H2,1-4H3,(H,32,36)(H,33,35)(H,34,37). The van der Waals surface area contributed by atoms with E-state index in [0.29, 0.717) is 5.69 Å². The van der Waals surface area contributed by atoms with Crippen LogP contribution >= 0.6 is 0 Å². The van der Waals surface area contributed by atoms with Gasteiger partial charge in [0, 0.05) is 22.8 Å². The maximum Gasteiger partial charge on any atom is 0.247 e. The van der Waals surface area contributed by atoms with Crippen molar-refractivity contribution in [2.75, 3.05) is 5.32 Å². The maximum absolute atomic E-state index is 13.3. The predicted octanol–water partition coefficient (Wildman–Crippen LogP) is 4.78. The molecule has 0 spiro atoms. The first kappa shape index (κ1) is 25.9. The number of fused-ring (bicyclic) bond motifs is 2. The normalized spacial score (nSPS) is 13.0. The minimum absolute atomic E-state index is 0.149. The summed E-state index contributed by atoms with van der Waals surface area (Å²) in [5, 5.41) is 11.8. The molecule has 0 aliphatic heterocycles. The van der Waals surface area contributed by atoms with Gasteiger partial charge < -0.3 is 20.9 Å². The number of aromatic amines is 1. The summed E-state index contributed by atoms with van der Waals surface area (Å²) in [6.07, 6.45) is 1.97. The molecule has 2 atom stereocenters. The lowest BCUT2D eigenvalue weighted by Crippen LogP contribution is -2.56. The van der Waals surface area contributed by atoms with Crippen LogP contribution in [0.3, 0.4) is 0 Å². The van der Waals surface area contributed by atoms with Crippen LogP contribution < -0.4 is 16.0 Å². The Labute approximate surface area is 217 Å². The third-order valence-corrected chi connectivity index (χ3v) is 6.56. The van der Waals surface area contributed by atoms with Crippen molar-refractivity contribution in [2.45, 2.75) is 46.2 Å². The number of hydrogen-bond donors (Lipinski definition) is 4. The van der Waals surface area contributed by atoms with E-state index >= 15 is 0 Å². The average molecular weight is 499 g/mol. The van der Waals surface area contributed by atoms with E-state index in [1.54, 1.807) is 0 Å². The summed E-state index contributed by atoms with van der Waals surface area (Å²) in [7, 11) is 0. The zero-order chi connectivity index (χ0) is 26.5. The van der Waals surface area contributed by atoms with Gasteiger partial charge in [0.25, 0.3) is 0 Å². The zero-order valence-corrected chi connectivity index (χ0v) is 21.7. The fourth-order valence-electron chi connectivity index (χ4n) is 4.48. The van der Waals surface area contributed by atoms with Crippen molar-refractivity contribution in [1.82, 2.24) is 15.6 Å². The minimum atomic E-state index is -0.771. The highest BCUT2D eigenvalue weighted by Gasteiger charge is 2.30. The molecule has 7 nitrogen and oxygen atoms in total. The van der Waals surface area contributed by atoms with Crippen LogP contribution in [-0.2, 0) is 20.8 Å². The number of carbonyl (C=O) groups is 3. The van der Waals surface area contributed by atoms with Crippen LogP contribution in [0.15, 0.2) is 72.9 Å². The topological polar surface area (TPSA) is 103 Å². The van der Waals surface area contributed by atoms with Gasteiger partial charge in [-0.3, -0.25) is 14.4 Å². The van der Waals surface area contributed by atoms with Gasteiger partial charge in [-0.25, -0.2) is 0 Å². The third-order valence-electron chi connectivity index (χ3n) is 6.56. The van der Waals surface area contributed by atoms with Gasteiger partial charge in [0.05, 0.1) is 6.42 Å². The lowest BCUT2D eigenvalue weighted by atomic mass is 9.99. The van der Waals surface area contributed by atoms with E-state index < -0.39 is 12.1 Å². The number of hydrogen-bond acceptors (Lipinski definition) is 3.